The number of aliphatic hydroxyl groups is 1. The van der Waals surface area contributed by atoms with Crippen LogP contribution in [0.3, 0.4) is 0 Å². The summed E-state index contributed by atoms with van der Waals surface area (Å²) < 4.78 is 0. The Hall–Kier alpha value is -3.84. The average molecular weight is 442 g/mol. The van der Waals surface area contributed by atoms with Crippen LogP contribution in [0.25, 0.3) is 16.5 Å². The zero-order chi connectivity index (χ0) is 22.4. The smallest absolute Gasteiger partial charge is 0.301 e. The molecule has 1 aliphatic heterocycles. The summed E-state index contributed by atoms with van der Waals surface area (Å²) in [6, 6.07) is 19.9. The summed E-state index contributed by atoms with van der Waals surface area (Å²) in [6.45, 7) is 3.73. The van der Waals surface area contributed by atoms with E-state index in [1.807, 2.05) is 61.5 Å². The highest BCUT2D eigenvalue weighted by Gasteiger charge is 2.48. The fourth-order valence-corrected chi connectivity index (χ4v) is 4.78. The number of carbonyl (C=O) groups excluding carboxylic acids is 2. The van der Waals surface area contributed by atoms with Crippen molar-refractivity contribution in [2.24, 2.45) is 0 Å². The molecule has 1 amide bonds. The summed E-state index contributed by atoms with van der Waals surface area (Å²) in [5.41, 5.74) is 2.29. The Bertz CT molecular complexity index is 1400. The van der Waals surface area contributed by atoms with Gasteiger partial charge in [0.05, 0.1) is 11.6 Å². The average Bonchev–Trinajstić information content (AvgIpc) is 3.34. The highest BCUT2D eigenvalue weighted by Crippen LogP contribution is 2.44. The number of aliphatic hydroxyl groups excluding tert-OH is 1. The van der Waals surface area contributed by atoms with Crippen LogP contribution in [0, 0.1) is 13.8 Å². The van der Waals surface area contributed by atoms with Crippen molar-refractivity contribution < 1.29 is 14.7 Å². The number of hydrogen-bond donors (Lipinski definition) is 1. The number of ketones is 1. The minimum atomic E-state index is -0.824. The van der Waals surface area contributed by atoms with Gasteiger partial charge in [0.2, 0.25) is 5.13 Å². The van der Waals surface area contributed by atoms with Gasteiger partial charge in [-0.15, -0.1) is 10.2 Å². The van der Waals surface area contributed by atoms with E-state index in [0.717, 1.165) is 21.9 Å². The number of Topliss-reactive ketones (excluding diaryl/α,β-unsaturated/α-hetero) is 1. The van der Waals surface area contributed by atoms with Gasteiger partial charge in [-0.25, -0.2) is 0 Å². The lowest BCUT2D eigenvalue weighted by Crippen LogP contribution is -2.29. The minimum absolute atomic E-state index is 0.0445. The van der Waals surface area contributed by atoms with Gasteiger partial charge in [-0.1, -0.05) is 83.6 Å². The largest absolute Gasteiger partial charge is 0.507 e. The van der Waals surface area contributed by atoms with Crippen LogP contribution >= 0.6 is 11.3 Å². The number of nitrogens with zero attached hydrogens (tertiary/aromatic N) is 3. The monoisotopic (exact) mass is 441 g/mol. The molecule has 1 aromatic heterocycles. The Balaban J connectivity index is 1.80. The highest BCUT2D eigenvalue weighted by molar-refractivity contribution is 7.15. The van der Waals surface area contributed by atoms with Gasteiger partial charge in [-0.05, 0) is 30.2 Å². The first kappa shape index (κ1) is 20.1. The molecule has 32 heavy (non-hydrogen) atoms. The molecule has 1 fully saturated rings. The Kier molecular flexibility index (Phi) is 4.83. The Morgan fingerprint density at radius 3 is 2.38 bits per heavy atom. The molecule has 0 aliphatic carbocycles. The number of carbonyl (C=O) groups is 2. The predicted octanol–water partition coefficient (Wildman–Crippen LogP) is 4.93. The maximum atomic E-state index is 13.2. The van der Waals surface area contributed by atoms with Crippen molar-refractivity contribution in [1.82, 2.24) is 10.2 Å². The molecule has 0 radical (unpaired) electrons. The van der Waals surface area contributed by atoms with Gasteiger partial charge in [-0.2, -0.15) is 0 Å². The molecule has 1 saturated heterocycles. The molecule has 3 aromatic carbocycles. The summed E-state index contributed by atoms with van der Waals surface area (Å²) in [5.74, 6) is -1.67. The SMILES string of the molecule is Cc1ccc(/C(O)=C2\C(=O)C(=O)N(c3nnc(C)s3)C2c2cccc3ccccc23)cc1. The lowest BCUT2D eigenvalue weighted by Gasteiger charge is -2.24. The third-order valence-electron chi connectivity index (χ3n) is 5.61. The first-order valence-corrected chi connectivity index (χ1v) is 10.9. The molecule has 1 atom stereocenters. The molecule has 158 valence electrons. The molecule has 0 bridgehead atoms. The number of anilines is 1. The van der Waals surface area contributed by atoms with Crippen molar-refractivity contribution in [3.8, 4) is 0 Å². The highest BCUT2D eigenvalue weighted by atomic mass is 32.1. The second-order valence-corrected chi connectivity index (χ2v) is 8.87. The van der Waals surface area contributed by atoms with Gasteiger partial charge >= 0.3 is 5.91 Å². The Labute approximate surface area is 188 Å². The van der Waals surface area contributed by atoms with Crippen molar-refractivity contribution in [1.29, 1.82) is 0 Å². The summed E-state index contributed by atoms with van der Waals surface area (Å²) in [5, 5.41) is 22.3. The summed E-state index contributed by atoms with van der Waals surface area (Å²) in [4.78, 5) is 27.8. The standard InChI is InChI=1S/C25H19N3O3S/c1-14-10-12-17(13-11-14)22(29)20-21(19-9-5-7-16-6-3-4-8-18(16)19)28(24(31)23(20)30)25-27-26-15(2)32-25/h3-13,21,29H,1-2H3/b22-20+. The van der Waals surface area contributed by atoms with E-state index in [1.54, 1.807) is 19.1 Å². The first-order chi connectivity index (χ1) is 15.5. The summed E-state index contributed by atoms with van der Waals surface area (Å²) >= 11 is 1.23. The summed E-state index contributed by atoms with van der Waals surface area (Å²) in [6.07, 6.45) is 0. The normalized spacial score (nSPS) is 17.9. The van der Waals surface area contributed by atoms with Crippen molar-refractivity contribution in [2.45, 2.75) is 19.9 Å². The molecule has 6 nitrogen and oxygen atoms in total. The van der Waals surface area contributed by atoms with Gasteiger partial charge in [0.25, 0.3) is 5.78 Å². The Morgan fingerprint density at radius 1 is 0.938 bits per heavy atom. The number of benzene rings is 3. The van der Waals surface area contributed by atoms with Gasteiger partial charge in [0.15, 0.2) is 0 Å². The Morgan fingerprint density at radius 2 is 1.66 bits per heavy atom. The third-order valence-corrected chi connectivity index (χ3v) is 6.45. The van der Waals surface area contributed by atoms with Crippen LogP contribution in [0.4, 0.5) is 5.13 Å². The topological polar surface area (TPSA) is 83.4 Å². The molecule has 5 rings (SSSR count). The van der Waals surface area contributed by atoms with E-state index in [4.69, 9.17) is 0 Å². The molecule has 7 heteroatoms. The van der Waals surface area contributed by atoms with Crippen molar-refractivity contribution in [3.05, 3.63) is 94.0 Å². The number of amides is 1. The zero-order valence-electron chi connectivity index (χ0n) is 17.4. The first-order valence-electron chi connectivity index (χ1n) is 10.1. The van der Waals surface area contributed by atoms with Gasteiger partial charge < -0.3 is 5.11 Å². The molecular formula is C25H19N3O3S. The van der Waals surface area contributed by atoms with Crippen LogP contribution in [0.1, 0.15) is 27.7 Å². The van der Waals surface area contributed by atoms with Crippen LogP contribution in [0.2, 0.25) is 0 Å². The second-order valence-electron chi connectivity index (χ2n) is 7.71. The molecule has 4 aromatic rings. The molecule has 0 spiro atoms. The third kappa shape index (κ3) is 3.18. The van der Waals surface area contributed by atoms with E-state index >= 15 is 0 Å². The zero-order valence-corrected chi connectivity index (χ0v) is 18.3. The van der Waals surface area contributed by atoms with Crippen LogP contribution in [-0.4, -0.2) is 27.0 Å². The molecule has 1 unspecified atom stereocenters. The molecule has 1 aliphatic rings. The van der Waals surface area contributed by atoms with E-state index in [1.165, 1.54) is 16.2 Å². The van der Waals surface area contributed by atoms with E-state index in [2.05, 4.69) is 10.2 Å². The second kappa shape index (κ2) is 7.69. The quantitative estimate of drug-likeness (QED) is 0.277. The molecule has 0 saturated carbocycles. The van der Waals surface area contributed by atoms with E-state index in [0.29, 0.717) is 15.7 Å². The lowest BCUT2D eigenvalue weighted by atomic mass is 9.91. The fraction of sp³-hybridized carbons (Fsp3) is 0.120. The van der Waals surface area contributed by atoms with E-state index in [-0.39, 0.29) is 11.3 Å². The van der Waals surface area contributed by atoms with Crippen molar-refractivity contribution in [3.63, 3.8) is 0 Å². The predicted molar refractivity (Wildman–Crippen MR) is 125 cm³/mol. The van der Waals surface area contributed by atoms with Crippen molar-refractivity contribution in [2.75, 3.05) is 4.90 Å². The van der Waals surface area contributed by atoms with Gasteiger partial charge in [-0.3, -0.25) is 14.5 Å². The van der Waals surface area contributed by atoms with E-state index < -0.39 is 17.7 Å². The summed E-state index contributed by atoms with van der Waals surface area (Å²) in [7, 11) is 0. The van der Waals surface area contributed by atoms with Crippen molar-refractivity contribution >= 4 is 44.7 Å². The maximum Gasteiger partial charge on any atom is 0.301 e. The number of fused-ring (bicyclic) bond motifs is 1. The molecular weight excluding hydrogens is 422 g/mol. The lowest BCUT2D eigenvalue weighted by molar-refractivity contribution is -0.132. The van der Waals surface area contributed by atoms with Gasteiger partial charge in [0, 0.05) is 5.56 Å². The molecule has 1 N–H and O–H groups in total. The number of aryl methyl sites for hydroxylation is 2. The van der Waals surface area contributed by atoms with Crippen LogP contribution < -0.4 is 4.90 Å². The fourth-order valence-electron chi connectivity index (χ4n) is 4.06. The number of hydrogen-bond acceptors (Lipinski definition) is 6. The maximum absolute atomic E-state index is 13.2. The van der Waals surface area contributed by atoms with Gasteiger partial charge in [0.1, 0.15) is 10.8 Å². The minimum Gasteiger partial charge on any atom is -0.507 e. The number of rotatable bonds is 3. The van der Waals surface area contributed by atoms with Crippen LogP contribution in [0.15, 0.2) is 72.3 Å². The van der Waals surface area contributed by atoms with Crippen LogP contribution in [-0.2, 0) is 9.59 Å². The van der Waals surface area contributed by atoms with E-state index in [9.17, 15) is 14.7 Å². The number of aromatic nitrogens is 2. The molecule has 2 heterocycles. The van der Waals surface area contributed by atoms with Crippen LogP contribution in [0.5, 0.6) is 0 Å².